The summed E-state index contributed by atoms with van der Waals surface area (Å²) in [6.45, 7) is 0.556. The first kappa shape index (κ1) is 20.2. The second kappa shape index (κ2) is 8.10. The number of hydrogen-bond donors (Lipinski definition) is 2. The van der Waals surface area contributed by atoms with Gasteiger partial charge in [0, 0.05) is 23.7 Å². The molecule has 1 amide bonds. The van der Waals surface area contributed by atoms with E-state index in [2.05, 4.69) is 17.5 Å². The predicted octanol–water partition coefficient (Wildman–Crippen LogP) is 4.35. The van der Waals surface area contributed by atoms with Crippen LogP contribution in [0.25, 0.3) is 11.1 Å². The molecule has 2 aliphatic rings. The van der Waals surface area contributed by atoms with Gasteiger partial charge in [-0.1, -0.05) is 18.2 Å². The molecule has 2 N–H and O–H groups in total. The Morgan fingerprint density at radius 2 is 1.81 bits per heavy atom. The van der Waals surface area contributed by atoms with Crippen molar-refractivity contribution in [3.63, 3.8) is 0 Å². The third-order valence-electron chi connectivity index (χ3n) is 6.57. The first-order valence-corrected chi connectivity index (χ1v) is 10.7. The zero-order valence-corrected chi connectivity index (χ0v) is 17.3. The molecule has 3 aromatic carbocycles. The Labute approximate surface area is 185 Å². The van der Waals surface area contributed by atoms with Gasteiger partial charge in [-0.05, 0) is 71.6 Å². The number of nitrogens with zero attached hydrogens (tertiary/aromatic N) is 2. The summed E-state index contributed by atoms with van der Waals surface area (Å²) < 4.78 is 13.4. The molecule has 0 radical (unpaired) electrons. The summed E-state index contributed by atoms with van der Waals surface area (Å²) in [6.07, 6.45) is 0.774. The van der Waals surface area contributed by atoms with Crippen LogP contribution in [0.3, 0.4) is 0 Å². The zero-order chi connectivity index (χ0) is 22.2. The van der Waals surface area contributed by atoms with Crippen molar-refractivity contribution >= 4 is 11.6 Å². The lowest BCUT2D eigenvalue weighted by atomic mass is 9.82. The van der Waals surface area contributed by atoms with Gasteiger partial charge in [-0.25, -0.2) is 4.39 Å². The molecule has 0 aliphatic carbocycles. The predicted molar refractivity (Wildman–Crippen MR) is 119 cm³/mol. The number of nitriles is 1. The molecule has 5 nitrogen and oxygen atoms in total. The van der Waals surface area contributed by atoms with Gasteiger partial charge in [0.25, 0.3) is 5.91 Å². The van der Waals surface area contributed by atoms with E-state index in [1.807, 2.05) is 29.2 Å². The highest BCUT2D eigenvalue weighted by molar-refractivity contribution is 5.95. The number of aliphatic hydroxyl groups excluding tert-OH is 1. The number of halogens is 1. The topological polar surface area (TPSA) is 76.4 Å². The van der Waals surface area contributed by atoms with E-state index in [-0.39, 0.29) is 36.3 Å². The lowest BCUT2D eigenvalue weighted by Crippen LogP contribution is -2.42. The Kier molecular flexibility index (Phi) is 5.12. The van der Waals surface area contributed by atoms with Crippen LogP contribution in [-0.4, -0.2) is 35.1 Å². The van der Waals surface area contributed by atoms with Crippen LogP contribution >= 0.6 is 0 Å². The molecule has 0 saturated carbocycles. The summed E-state index contributed by atoms with van der Waals surface area (Å²) in [5.41, 5.74) is 4.96. The van der Waals surface area contributed by atoms with Crippen molar-refractivity contribution in [1.29, 1.82) is 5.26 Å². The van der Waals surface area contributed by atoms with E-state index >= 15 is 0 Å². The van der Waals surface area contributed by atoms with E-state index in [4.69, 9.17) is 5.26 Å². The van der Waals surface area contributed by atoms with Crippen LogP contribution in [0.5, 0.6) is 0 Å². The summed E-state index contributed by atoms with van der Waals surface area (Å²) in [4.78, 5) is 15.2. The summed E-state index contributed by atoms with van der Waals surface area (Å²) in [6, 6.07) is 20.9. The van der Waals surface area contributed by atoms with Gasteiger partial charge in [0.15, 0.2) is 0 Å². The Morgan fingerprint density at radius 3 is 2.50 bits per heavy atom. The number of carbonyl (C=O) groups excluding carboxylic acids is 1. The highest BCUT2D eigenvalue weighted by Gasteiger charge is 2.45. The summed E-state index contributed by atoms with van der Waals surface area (Å²) in [7, 11) is 0. The number of amides is 1. The number of hydrogen-bond acceptors (Lipinski definition) is 4. The number of likely N-dealkylation sites (tertiary alicyclic amines) is 1. The number of fused-ring (bicyclic) bond motifs is 3. The highest BCUT2D eigenvalue weighted by Crippen LogP contribution is 2.47. The van der Waals surface area contributed by atoms with E-state index in [1.165, 1.54) is 24.3 Å². The normalized spacial score (nSPS) is 21.3. The maximum atomic E-state index is 13.4. The largest absolute Gasteiger partial charge is 0.394 e. The van der Waals surface area contributed by atoms with Crippen LogP contribution in [0.4, 0.5) is 10.1 Å². The lowest BCUT2D eigenvalue weighted by Gasteiger charge is -2.39. The molecule has 0 spiro atoms. The quantitative estimate of drug-likeness (QED) is 0.651. The van der Waals surface area contributed by atoms with Crippen molar-refractivity contribution in [2.24, 2.45) is 5.92 Å². The second-order valence-electron chi connectivity index (χ2n) is 8.33. The first-order valence-electron chi connectivity index (χ1n) is 10.7. The number of aliphatic hydroxyl groups is 1. The number of rotatable bonds is 3. The fraction of sp³-hybridized carbons (Fsp3) is 0.231. The number of anilines is 1. The summed E-state index contributed by atoms with van der Waals surface area (Å²) in [5, 5.41) is 22.5. The van der Waals surface area contributed by atoms with Crippen molar-refractivity contribution in [3.05, 3.63) is 89.2 Å². The molecule has 0 unspecified atom stereocenters. The molecule has 6 heteroatoms. The molecule has 1 saturated heterocycles. The second-order valence-corrected chi connectivity index (χ2v) is 8.33. The van der Waals surface area contributed by atoms with E-state index in [1.54, 1.807) is 12.1 Å². The van der Waals surface area contributed by atoms with Crippen molar-refractivity contribution in [1.82, 2.24) is 4.90 Å². The highest BCUT2D eigenvalue weighted by atomic mass is 19.1. The molecular weight excluding hydrogens is 405 g/mol. The van der Waals surface area contributed by atoms with Crippen LogP contribution in [0.15, 0.2) is 66.7 Å². The Bertz CT molecular complexity index is 1200. The third kappa shape index (κ3) is 3.41. The van der Waals surface area contributed by atoms with Gasteiger partial charge in [0.2, 0.25) is 0 Å². The van der Waals surface area contributed by atoms with Crippen LogP contribution in [0.1, 0.15) is 33.9 Å². The molecule has 0 bridgehead atoms. The van der Waals surface area contributed by atoms with Gasteiger partial charge in [-0.2, -0.15) is 5.26 Å². The Morgan fingerprint density at radius 1 is 1.09 bits per heavy atom. The van der Waals surface area contributed by atoms with Crippen LogP contribution in [-0.2, 0) is 0 Å². The van der Waals surface area contributed by atoms with Gasteiger partial charge < -0.3 is 15.3 Å². The van der Waals surface area contributed by atoms with Gasteiger partial charge in [0.1, 0.15) is 5.82 Å². The summed E-state index contributed by atoms with van der Waals surface area (Å²) >= 11 is 0. The van der Waals surface area contributed by atoms with Gasteiger partial charge in [-0.3, -0.25) is 4.79 Å². The van der Waals surface area contributed by atoms with Crippen LogP contribution < -0.4 is 5.32 Å². The lowest BCUT2D eigenvalue weighted by molar-refractivity contribution is 0.0701. The number of nitrogens with one attached hydrogen (secondary N) is 1. The maximum Gasteiger partial charge on any atom is 0.254 e. The SMILES string of the molecule is N#Cc1ccc(-c2ccc3c(c2)[C@@H]2[C@@H](CCN2C(=O)c2ccc(F)cc2)[C@@H](CO)N3)cc1. The molecule has 5 rings (SSSR count). The molecule has 2 heterocycles. The third-order valence-corrected chi connectivity index (χ3v) is 6.57. The monoisotopic (exact) mass is 427 g/mol. The fourth-order valence-corrected chi connectivity index (χ4v) is 4.97. The average molecular weight is 427 g/mol. The van der Waals surface area contributed by atoms with E-state index in [0.717, 1.165) is 28.8 Å². The van der Waals surface area contributed by atoms with Crippen molar-refractivity contribution in [3.8, 4) is 17.2 Å². The molecule has 0 aromatic heterocycles. The fourth-order valence-electron chi connectivity index (χ4n) is 4.97. The molecular formula is C26H22FN3O2. The Balaban J connectivity index is 1.55. The zero-order valence-electron chi connectivity index (χ0n) is 17.3. The minimum atomic E-state index is -0.375. The maximum absolute atomic E-state index is 13.4. The Hall–Kier alpha value is -3.69. The van der Waals surface area contributed by atoms with Crippen molar-refractivity contribution < 1.29 is 14.3 Å². The van der Waals surface area contributed by atoms with Crippen LogP contribution in [0.2, 0.25) is 0 Å². The van der Waals surface area contributed by atoms with E-state index in [0.29, 0.717) is 17.7 Å². The molecule has 3 atom stereocenters. The van der Waals surface area contributed by atoms with E-state index < -0.39 is 0 Å². The standard InChI is InChI=1S/C26H22FN3O2/c27-20-8-5-18(6-9-20)26(32)30-12-11-21-24(15-31)29-23-10-7-19(13-22(23)25(21)30)17-3-1-16(14-28)2-4-17/h1-10,13,21,24-25,29,31H,11-12,15H2/t21-,24+,25-/m0/s1. The average Bonchev–Trinajstić information content (AvgIpc) is 3.29. The van der Waals surface area contributed by atoms with Gasteiger partial charge in [-0.15, -0.1) is 0 Å². The molecule has 3 aromatic rings. The molecule has 2 aliphatic heterocycles. The van der Waals surface area contributed by atoms with Gasteiger partial charge in [0.05, 0.1) is 30.3 Å². The number of carbonyl (C=O) groups is 1. The number of benzene rings is 3. The van der Waals surface area contributed by atoms with Crippen molar-refractivity contribution in [2.45, 2.75) is 18.5 Å². The summed E-state index contributed by atoms with van der Waals surface area (Å²) in [5.74, 6) is -0.431. The van der Waals surface area contributed by atoms with Gasteiger partial charge >= 0.3 is 0 Å². The van der Waals surface area contributed by atoms with E-state index in [9.17, 15) is 14.3 Å². The smallest absolute Gasteiger partial charge is 0.254 e. The molecule has 1 fully saturated rings. The minimum absolute atomic E-state index is 0.0173. The molecule has 160 valence electrons. The molecule has 32 heavy (non-hydrogen) atoms. The minimum Gasteiger partial charge on any atom is -0.394 e. The first-order chi connectivity index (χ1) is 15.6. The van der Waals surface area contributed by atoms with Crippen molar-refractivity contribution in [2.75, 3.05) is 18.5 Å². The van der Waals surface area contributed by atoms with Crippen LogP contribution in [0, 0.1) is 23.1 Å².